The van der Waals surface area contributed by atoms with Crippen LogP contribution in [0, 0.1) is 17.5 Å². The monoisotopic (exact) mass is 358 g/mol. The standard InChI is InChI=1S/C18H13F3N4O/c19-12-6-7-13(17(21)16(12)20)23-18(26)14-8-9-15(25-24-14)22-10-11-4-2-1-3-5-11/h1-9H,10H2,(H,22,25)(H,23,26). The van der Waals surface area contributed by atoms with E-state index in [9.17, 15) is 18.0 Å². The third kappa shape index (κ3) is 3.97. The van der Waals surface area contributed by atoms with Crippen LogP contribution in [0.15, 0.2) is 54.6 Å². The highest BCUT2D eigenvalue weighted by atomic mass is 19.2. The molecule has 0 aliphatic heterocycles. The molecule has 0 bridgehead atoms. The van der Waals surface area contributed by atoms with Crippen LogP contribution in [-0.2, 0) is 6.54 Å². The lowest BCUT2D eigenvalue weighted by Crippen LogP contribution is -2.16. The van der Waals surface area contributed by atoms with Gasteiger partial charge in [0.1, 0.15) is 5.82 Å². The molecule has 0 radical (unpaired) electrons. The van der Waals surface area contributed by atoms with Gasteiger partial charge in [0, 0.05) is 6.54 Å². The average Bonchev–Trinajstić information content (AvgIpc) is 2.68. The van der Waals surface area contributed by atoms with Crippen molar-refractivity contribution in [2.75, 3.05) is 10.6 Å². The average molecular weight is 358 g/mol. The number of hydrogen-bond donors (Lipinski definition) is 2. The number of hydrogen-bond acceptors (Lipinski definition) is 4. The number of carbonyl (C=O) groups is 1. The molecule has 0 fully saturated rings. The van der Waals surface area contributed by atoms with E-state index >= 15 is 0 Å². The maximum atomic E-state index is 13.6. The number of rotatable bonds is 5. The summed E-state index contributed by atoms with van der Waals surface area (Å²) in [7, 11) is 0. The van der Waals surface area contributed by atoms with Crippen molar-refractivity contribution < 1.29 is 18.0 Å². The Bertz CT molecular complexity index is 918. The van der Waals surface area contributed by atoms with Crippen LogP contribution in [-0.4, -0.2) is 16.1 Å². The minimum Gasteiger partial charge on any atom is -0.365 e. The lowest BCUT2D eigenvalue weighted by atomic mass is 10.2. The topological polar surface area (TPSA) is 66.9 Å². The summed E-state index contributed by atoms with van der Waals surface area (Å²) in [5, 5.41) is 12.8. The Kier molecular flexibility index (Phi) is 5.12. The van der Waals surface area contributed by atoms with Crippen LogP contribution in [0.25, 0.3) is 0 Å². The molecule has 0 unspecified atom stereocenters. The highest BCUT2D eigenvalue weighted by molar-refractivity contribution is 6.02. The molecule has 1 aromatic heterocycles. The molecule has 1 heterocycles. The van der Waals surface area contributed by atoms with E-state index in [4.69, 9.17) is 0 Å². The van der Waals surface area contributed by atoms with Crippen molar-refractivity contribution in [3.05, 3.63) is 83.3 Å². The first-order chi connectivity index (χ1) is 12.5. The fourth-order valence-corrected chi connectivity index (χ4v) is 2.14. The molecule has 2 N–H and O–H groups in total. The zero-order valence-corrected chi connectivity index (χ0v) is 13.3. The van der Waals surface area contributed by atoms with E-state index in [1.807, 2.05) is 30.3 Å². The van der Waals surface area contributed by atoms with Crippen molar-refractivity contribution >= 4 is 17.4 Å². The summed E-state index contributed by atoms with van der Waals surface area (Å²) in [5.41, 5.74) is 0.464. The van der Waals surface area contributed by atoms with Crippen LogP contribution >= 0.6 is 0 Å². The summed E-state index contributed by atoms with van der Waals surface area (Å²) in [6.07, 6.45) is 0. The van der Waals surface area contributed by atoms with Gasteiger partial charge in [-0.1, -0.05) is 30.3 Å². The molecule has 132 valence electrons. The largest absolute Gasteiger partial charge is 0.365 e. The molecular formula is C18H13F3N4O. The number of amides is 1. The first kappa shape index (κ1) is 17.4. The van der Waals surface area contributed by atoms with Gasteiger partial charge in [0.15, 0.2) is 23.1 Å². The molecular weight excluding hydrogens is 345 g/mol. The molecule has 0 spiro atoms. The van der Waals surface area contributed by atoms with Gasteiger partial charge in [-0.05, 0) is 29.8 Å². The molecule has 2 aromatic carbocycles. The van der Waals surface area contributed by atoms with Crippen molar-refractivity contribution in [2.24, 2.45) is 0 Å². The van der Waals surface area contributed by atoms with Gasteiger partial charge in [-0.3, -0.25) is 4.79 Å². The Labute approximate surface area is 146 Å². The smallest absolute Gasteiger partial charge is 0.276 e. The predicted molar refractivity (Wildman–Crippen MR) is 90.1 cm³/mol. The van der Waals surface area contributed by atoms with Gasteiger partial charge in [0.25, 0.3) is 5.91 Å². The molecule has 1 amide bonds. The number of halogens is 3. The van der Waals surface area contributed by atoms with E-state index in [1.165, 1.54) is 12.1 Å². The molecule has 0 atom stereocenters. The van der Waals surface area contributed by atoms with E-state index < -0.39 is 29.0 Å². The zero-order valence-electron chi connectivity index (χ0n) is 13.3. The molecule has 26 heavy (non-hydrogen) atoms. The minimum absolute atomic E-state index is 0.0978. The highest BCUT2D eigenvalue weighted by Gasteiger charge is 2.16. The van der Waals surface area contributed by atoms with Crippen LogP contribution in [0.5, 0.6) is 0 Å². The lowest BCUT2D eigenvalue weighted by Gasteiger charge is -2.08. The maximum absolute atomic E-state index is 13.6. The Hall–Kier alpha value is -3.42. The van der Waals surface area contributed by atoms with Crippen molar-refractivity contribution in [3.63, 3.8) is 0 Å². The molecule has 0 aliphatic carbocycles. The van der Waals surface area contributed by atoms with Gasteiger partial charge in [-0.15, -0.1) is 10.2 Å². The van der Waals surface area contributed by atoms with E-state index in [1.54, 1.807) is 0 Å². The second-order valence-corrected chi connectivity index (χ2v) is 5.32. The second kappa shape index (κ2) is 7.64. The van der Waals surface area contributed by atoms with Crippen molar-refractivity contribution in [2.45, 2.75) is 6.54 Å². The second-order valence-electron chi connectivity index (χ2n) is 5.32. The number of aromatic nitrogens is 2. The SMILES string of the molecule is O=C(Nc1ccc(F)c(F)c1F)c1ccc(NCc2ccccc2)nn1. The third-order valence-corrected chi connectivity index (χ3v) is 3.50. The normalized spacial score (nSPS) is 10.4. The van der Waals surface area contributed by atoms with Crippen LogP contribution in [0.4, 0.5) is 24.7 Å². The van der Waals surface area contributed by atoms with E-state index in [0.29, 0.717) is 12.4 Å². The molecule has 5 nitrogen and oxygen atoms in total. The van der Waals surface area contributed by atoms with Gasteiger partial charge in [-0.2, -0.15) is 0 Å². The van der Waals surface area contributed by atoms with Gasteiger partial charge in [0.05, 0.1) is 5.69 Å². The number of benzene rings is 2. The van der Waals surface area contributed by atoms with Crippen LogP contribution < -0.4 is 10.6 Å². The lowest BCUT2D eigenvalue weighted by molar-refractivity contribution is 0.102. The summed E-state index contributed by atoms with van der Waals surface area (Å²) in [6, 6.07) is 14.2. The Morgan fingerprint density at radius 1 is 0.885 bits per heavy atom. The fraction of sp³-hybridized carbons (Fsp3) is 0.0556. The fourth-order valence-electron chi connectivity index (χ4n) is 2.14. The van der Waals surface area contributed by atoms with Crippen LogP contribution in [0.3, 0.4) is 0 Å². The Morgan fingerprint density at radius 2 is 1.65 bits per heavy atom. The quantitative estimate of drug-likeness (QED) is 0.682. The van der Waals surface area contributed by atoms with Crippen molar-refractivity contribution in [1.29, 1.82) is 0 Å². The number of nitrogens with zero attached hydrogens (tertiary/aromatic N) is 2. The molecule has 0 saturated heterocycles. The Morgan fingerprint density at radius 3 is 2.35 bits per heavy atom. The van der Waals surface area contributed by atoms with Crippen LogP contribution in [0.1, 0.15) is 16.1 Å². The van der Waals surface area contributed by atoms with E-state index in [0.717, 1.165) is 17.7 Å². The van der Waals surface area contributed by atoms with Crippen LogP contribution in [0.2, 0.25) is 0 Å². The molecule has 3 aromatic rings. The van der Waals surface area contributed by atoms with Gasteiger partial charge < -0.3 is 10.6 Å². The summed E-state index contributed by atoms with van der Waals surface area (Å²) >= 11 is 0. The maximum Gasteiger partial charge on any atom is 0.276 e. The number of anilines is 2. The minimum atomic E-state index is -1.66. The Balaban J connectivity index is 1.64. The summed E-state index contributed by atoms with van der Waals surface area (Å²) in [5.74, 6) is -4.82. The van der Waals surface area contributed by atoms with Crippen molar-refractivity contribution in [1.82, 2.24) is 10.2 Å². The highest BCUT2D eigenvalue weighted by Crippen LogP contribution is 2.20. The van der Waals surface area contributed by atoms with E-state index in [-0.39, 0.29) is 5.69 Å². The van der Waals surface area contributed by atoms with Gasteiger partial charge >= 0.3 is 0 Å². The third-order valence-electron chi connectivity index (χ3n) is 3.50. The first-order valence-electron chi connectivity index (χ1n) is 7.61. The molecule has 3 rings (SSSR count). The summed E-state index contributed by atoms with van der Waals surface area (Å²) in [4.78, 5) is 12.0. The summed E-state index contributed by atoms with van der Waals surface area (Å²) < 4.78 is 39.7. The van der Waals surface area contributed by atoms with Crippen molar-refractivity contribution in [3.8, 4) is 0 Å². The predicted octanol–water partition coefficient (Wildman–Crippen LogP) is 3.76. The number of nitrogens with one attached hydrogen (secondary N) is 2. The number of carbonyl (C=O) groups excluding carboxylic acids is 1. The molecule has 0 aliphatic rings. The summed E-state index contributed by atoms with van der Waals surface area (Å²) in [6.45, 7) is 0.529. The van der Waals surface area contributed by atoms with Gasteiger partial charge in [0.2, 0.25) is 0 Å². The molecule has 8 heteroatoms. The van der Waals surface area contributed by atoms with Gasteiger partial charge in [-0.25, -0.2) is 13.2 Å². The molecule has 0 saturated carbocycles. The van der Waals surface area contributed by atoms with E-state index in [2.05, 4.69) is 20.8 Å². The zero-order chi connectivity index (χ0) is 18.5. The first-order valence-corrected chi connectivity index (χ1v) is 7.61.